The van der Waals surface area contributed by atoms with Crippen molar-refractivity contribution in [3.05, 3.63) is 153 Å². The molecule has 6 heterocycles. The first-order chi connectivity index (χ1) is 54.4. The Hall–Kier alpha value is -10.5. The van der Waals surface area contributed by atoms with Crippen molar-refractivity contribution in [1.29, 1.82) is 0 Å². The molecule has 15 bridgehead atoms. The van der Waals surface area contributed by atoms with Crippen LogP contribution in [0.25, 0.3) is 11.1 Å². The highest BCUT2D eigenvalue weighted by Gasteiger charge is 2.51. The van der Waals surface area contributed by atoms with E-state index in [2.05, 4.69) is 53.2 Å². The Labute approximate surface area is 661 Å². The Balaban J connectivity index is 0.991. The number of aromatic hydroxyl groups is 2. The number of phenolic OH excluding ortho intramolecular Hbond substituents is 2. The number of aliphatic hydroxyl groups is 5. The number of hydrogen-bond donors (Lipinski definition) is 18. The Kier molecular flexibility index (Phi) is 24.5. The number of carbonyl (C=O) groups excluding carboxylic acids is 9. The Morgan fingerprint density at radius 1 is 0.649 bits per heavy atom. The molecule has 16 rings (SSSR count). The number of likely N-dealkylation sites (N-methyl/N-ethyl adjacent to an activating group) is 1. The fourth-order valence-electron chi connectivity index (χ4n) is 17.1. The summed E-state index contributed by atoms with van der Waals surface area (Å²) in [6, 6.07) is 8.41. The van der Waals surface area contributed by atoms with Crippen LogP contribution in [0.4, 0.5) is 10.5 Å². The number of hydrogen-bond acceptors (Lipinski definition) is 22. The second-order valence-electron chi connectivity index (χ2n) is 31.3. The number of anilines is 1. The topological polar surface area (TPSA) is 478 Å². The van der Waals surface area contributed by atoms with Crippen molar-refractivity contribution in [2.75, 3.05) is 18.9 Å². The number of unbranched alkanes of at least 4 members (excludes halogenated alkanes) is 1. The average molecular weight is 1590 g/mol. The quantitative estimate of drug-likeness (QED) is 0.0595. The fraction of sp³-hybridized carbons (Fsp3) is 0.451. The maximum Gasteiger partial charge on any atom is 0.325 e. The van der Waals surface area contributed by atoms with E-state index in [9.17, 15) is 50.1 Å². The predicted octanol–water partition coefficient (Wildman–Crippen LogP) is 5.15. The number of benzene rings is 6. The van der Waals surface area contributed by atoms with Gasteiger partial charge < -0.3 is 108 Å². The van der Waals surface area contributed by atoms with Crippen molar-refractivity contribution in [1.82, 2.24) is 47.9 Å². The number of ether oxygens (including phenoxy) is 4. The van der Waals surface area contributed by atoms with Crippen LogP contribution in [0, 0.1) is 43.4 Å². The largest absolute Gasteiger partial charge is 0.508 e. The van der Waals surface area contributed by atoms with Crippen molar-refractivity contribution in [2.45, 2.75) is 190 Å². The SMILES string of the molecule is CCCCc1ccc(NC(=O)NC(=O)C[C@@H]2NC(=O)[C@H](NC(=O)[C@@H](CC(C)C)NC)[C@H](O)c3ccc(c(C)c3)Oc3cc4cc(c3O[C@@H]3O[C@H](CN)[C@@H](O)[C@H](O)[C@H]3O)Oc3ccc(cc3Cl)[C@@H](O)[C@@H]3NC(=O)[C@H](NC(=O)[C@@H]4NC2=O)c2ccc(O)c(c2)-c2c(C)cc(O)cc2[C@@H](C(=O)NC2C4CC5CC(C4)CC2C5)NC3=O)cc1. The summed E-state index contributed by atoms with van der Waals surface area (Å²) in [5.74, 6) is -10.7. The molecule has 32 heteroatoms. The summed E-state index contributed by atoms with van der Waals surface area (Å²) in [7, 11) is 1.51. The number of aryl methyl sites for hydroxylation is 3. The van der Waals surface area contributed by atoms with Crippen LogP contribution in [0.3, 0.4) is 0 Å². The Bertz CT molecular complexity index is 4690. The number of rotatable bonds is 16. The molecule has 4 saturated carbocycles. The minimum atomic E-state index is -2.29. The van der Waals surface area contributed by atoms with Crippen LogP contribution in [0.1, 0.15) is 153 Å². The molecule has 5 fully saturated rings. The van der Waals surface area contributed by atoms with E-state index < -0.39 is 174 Å². The van der Waals surface area contributed by atoms with Crippen molar-refractivity contribution in [2.24, 2.45) is 35.3 Å². The van der Waals surface area contributed by atoms with Crippen LogP contribution < -0.4 is 73.1 Å². The van der Waals surface area contributed by atoms with Crippen LogP contribution >= 0.6 is 11.6 Å². The van der Waals surface area contributed by atoms with E-state index in [0.717, 1.165) is 69.1 Å². The molecule has 0 unspecified atom stereocenters. The summed E-state index contributed by atoms with van der Waals surface area (Å²) in [6.45, 7) is 8.42. The molecule has 6 aromatic carbocycles. The van der Waals surface area contributed by atoms with Gasteiger partial charge in [0.05, 0.1) is 17.5 Å². The molecule has 31 nitrogen and oxygen atoms in total. The minimum Gasteiger partial charge on any atom is -0.508 e. The summed E-state index contributed by atoms with van der Waals surface area (Å²) in [5.41, 5.74) is 6.98. The van der Waals surface area contributed by atoms with Gasteiger partial charge in [-0.25, -0.2) is 4.79 Å². The van der Waals surface area contributed by atoms with Crippen LogP contribution in [-0.2, 0) is 49.5 Å². The number of urea groups is 1. The standard InChI is InChI=1S/C82H96ClN11O20/c1-7-8-9-38-10-15-47(16-11-38)86-82(110)88-60(97)33-53-75(104)90-64-46-30-57(111-55-18-13-42(21-36(55)4)68(98)66(79(108)87-53)93-74(103)52(85-6)20-35(2)3)73(114-81-72(102)71(101)70(100)59(34-84)113-81)58(31-46)112-56-19-14-43(29-51(56)83)69(99)67-80(109)92-65(78(107)89-62-44-24-39-23-40(26-44)27-45(62)25-39)50-32-48(95)22-37(5)61(50)49-28-41(12-17-54(49)96)63(76(105)94-67)91-77(64)106/h10-19,21-22,28-32,35,39-40,44-45,52-53,59,62-72,81,85,95-96,98-102H,7-9,20,23-27,33-34,84H2,1-6H3,(H,87,108)(H,89,107)(H,90,104)(H,91,106)(H,92,109)(H,93,103)(H,94,105)(H2,86,88,97,110)/t39?,40?,44?,45?,52-,53+,59-,62?,63-,64-,65+,66-,67+,68-,69-,70-,71+,72-,81+/m1/s1. The van der Waals surface area contributed by atoms with Gasteiger partial charge in [-0.1, -0.05) is 69.1 Å². The number of nitrogens with two attached hydrogens (primary N) is 1. The van der Waals surface area contributed by atoms with E-state index in [4.69, 9.17) is 36.3 Å². The molecule has 10 amide bonds. The number of aliphatic hydroxyl groups excluding tert-OH is 5. The molecule has 10 aliphatic rings. The zero-order chi connectivity index (χ0) is 81.4. The zero-order valence-corrected chi connectivity index (χ0v) is 64.3. The summed E-state index contributed by atoms with van der Waals surface area (Å²) in [5, 5.41) is 109. The van der Waals surface area contributed by atoms with Gasteiger partial charge in [-0.05, 0) is 225 Å². The van der Waals surface area contributed by atoms with Crippen molar-refractivity contribution >= 4 is 70.6 Å². The van der Waals surface area contributed by atoms with Gasteiger partial charge in [-0.15, -0.1) is 0 Å². The van der Waals surface area contributed by atoms with Gasteiger partial charge in [0.2, 0.25) is 59.3 Å². The molecule has 4 aliphatic carbocycles. The summed E-state index contributed by atoms with van der Waals surface area (Å²) in [6.07, 6.45) is -6.90. The fourth-order valence-corrected chi connectivity index (χ4v) is 17.3. The molecule has 6 aromatic rings. The lowest BCUT2D eigenvalue weighted by Crippen LogP contribution is -2.60. The highest BCUT2D eigenvalue weighted by molar-refractivity contribution is 6.32. The van der Waals surface area contributed by atoms with Crippen molar-refractivity contribution in [3.8, 4) is 51.4 Å². The first-order valence-electron chi connectivity index (χ1n) is 38.5. The molecule has 6 aliphatic heterocycles. The lowest BCUT2D eigenvalue weighted by atomic mass is 9.54. The first-order valence-corrected chi connectivity index (χ1v) is 38.8. The zero-order valence-electron chi connectivity index (χ0n) is 63.5. The molecule has 0 radical (unpaired) electrons. The number of fused-ring (bicyclic) bond motifs is 15. The van der Waals surface area contributed by atoms with E-state index in [1.54, 1.807) is 31.2 Å². The molecule has 0 aromatic heterocycles. The lowest BCUT2D eigenvalue weighted by Gasteiger charge is -2.54. The van der Waals surface area contributed by atoms with Crippen molar-refractivity contribution < 1.29 is 97.8 Å². The molecular formula is C82H96ClN11O20. The Morgan fingerprint density at radius 2 is 1.29 bits per heavy atom. The maximum atomic E-state index is 16.5. The monoisotopic (exact) mass is 1590 g/mol. The van der Waals surface area contributed by atoms with Gasteiger partial charge in [0.25, 0.3) is 0 Å². The number of imide groups is 1. The third-order valence-corrected chi connectivity index (χ3v) is 23.0. The molecular weight excluding hydrogens is 1490 g/mol. The number of carbonyl (C=O) groups is 9. The van der Waals surface area contributed by atoms with Gasteiger partial charge in [-0.2, -0.15) is 0 Å². The number of halogens is 1. The number of phenols is 2. The third kappa shape index (κ3) is 17.4. The third-order valence-electron chi connectivity index (χ3n) is 22.7. The lowest BCUT2D eigenvalue weighted by molar-refractivity contribution is -0.270. The molecule has 19 N–H and O–H groups in total. The van der Waals surface area contributed by atoms with Gasteiger partial charge in [0.15, 0.2) is 11.5 Å². The average Bonchev–Trinajstić information content (AvgIpc) is 0.755. The molecule has 114 heavy (non-hydrogen) atoms. The number of amides is 10. The smallest absolute Gasteiger partial charge is 0.325 e. The highest BCUT2D eigenvalue weighted by atomic mass is 35.5. The van der Waals surface area contributed by atoms with E-state index in [1.807, 2.05) is 20.8 Å². The van der Waals surface area contributed by atoms with E-state index in [-0.39, 0.29) is 108 Å². The van der Waals surface area contributed by atoms with Crippen molar-refractivity contribution in [3.63, 3.8) is 0 Å². The number of nitrogens with one attached hydrogen (secondary N) is 10. The Morgan fingerprint density at radius 3 is 1.94 bits per heavy atom. The molecule has 606 valence electrons. The van der Waals surface area contributed by atoms with E-state index in [1.165, 1.54) is 80.7 Å². The van der Waals surface area contributed by atoms with Crippen LogP contribution in [0.2, 0.25) is 5.02 Å². The van der Waals surface area contributed by atoms with Gasteiger partial charge >= 0.3 is 6.03 Å². The molecule has 14 atom stereocenters. The minimum absolute atomic E-state index is 0.0197. The van der Waals surface area contributed by atoms with Gasteiger partial charge in [-0.3, -0.25) is 43.7 Å². The molecule has 0 spiro atoms. The predicted molar refractivity (Wildman–Crippen MR) is 412 cm³/mol. The second kappa shape index (κ2) is 34.3. The summed E-state index contributed by atoms with van der Waals surface area (Å²) in [4.78, 5) is 138. The maximum absolute atomic E-state index is 16.5. The molecule has 1 saturated heterocycles. The normalized spacial score (nSPS) is 28.0. The van der Waals surface area contributed by atoms with Crippen LogP contribution in [-0.4, -0.2) is 164 Å². The summed E-state index contributed by atoms with van der Waals surface area (Å²) >= 11 is 7.21. The van der Waals surface area contributed by atoms with E-state index >= 15 is 28.8 Å². The first kappa shape index (κ1) is 81.5. The van der Waals surface area contributed by atoms with Gasteiger partial charge in [0.1, 0.15) is 95.9 Å². The van der Waals surface area contributed by atoms with Crippen LogP contribution in [0.5, 0.6) is 40.2 Å². The van der Waals surface area contributed by atoms with Crippen LogP contribution in [0.15, 0.2) is 103 Å². The van der Waals surface area contributed by atoms with E-state index in [0.29, 0.717) is 11.8 Å². The highest BCUT2D eigenvalue weighted by Crippen LogP contribution is 2.55. The van der Waals surface area contributed by atoms with Gasteiger partial charge in [0, 0.05) is 23.8 Å². The summed E-state index contributed by atoms with van der Waals surface area (Å²) < 4.78 is 25.9. The second-order valence-corrected chi connectivity index (χ2v) is 31.7.